The number of rotatable bonds is 3. The third-order valence-electron chi connectivity index (χ3n) is 4.34. The maximum absolute atomic E-state index is 12.2. The molecular formula is C16H19KN2O4. The number of nitrogens with zero attached hydrogens (tertiary/aromatic N) is 1. The number of likely N-dealkylation sites (tertiary alicyclic amines) is 1. The van der Waals surface area contributed by atoms with Gasteiger partial charge in [0, 0.05) is 13.1 Å². The zero-order valence-corrected chi connectivity index (χ0v) is 16.5. The Hall–Kier alpha value is -0.444. The molecule has 1 saturated heterocycles. The molecule has 1 N–H and O–H groups in total. The van der Waals surface area contributed by atoms with Crippen molar-refractivity contribution in [2.45, 2.75) is 38.5 Å². The largest absolute Gasteiger partial charge is 1.00 e. The second kappa shape index (κ2) is 8.59. The summed E-state index contributed by atoms with van der Waals surface area (Å²) in [6.45, 7) is 2.16. The molecule has 1 aromatic rings. The molecule has 2 aliphatic rings. The van der Waals surface area contributed by atoms with Crippen molar-refractivity contribution in [3.8, 4) is 0 Å². The number of carboxylic acids is 1. The van der Waals surface area contributed by atoms with Crippen molar-refractivity contribution in [3.63, 3.8) is 0 Å². The predicted molar refractivity (Wildman–Crippen MR) is 76.8 cm³/mol. The van der Waals surface area contributed by atoms with Crippen LogP contribution >= 0.6 is 0 Å². The number of carboxylic acid groups (broad SMARTS) is 1. The molecular weight excluding hydrogens is 323 g/mol. The zero-order chi connectivity index (χ0) is 15.5. The van der Waals surface area contributed by atoms with Gasteiger partial charge in [0.1, 0.15) is 0 Å². The molecule has 2 heterocycles. The molecule has 0 spiro atoms. The summed E-state index contributed by atoms with van der Waals surface area (Å²) in [6, 6.07) is 4.83. The maximum atomic E-state index is 12.2. The fraction of sp³-hybridized carbons (Fsp3) is 0.500. The number of aliphatic carboxylic acids is 1. The van der Waals surface area contributed by atoms with Crippen LogP contribution in [0.3, 0.4) is 0 Å². The minimum atomic E-state index is -1.18. The normalized spacial score (nSPS) is 19.7. The van der Waals surface area contributed by atoms with E-state index in [9.17, 15) is 14.7 Å². The molecule has 0 radical (unpaired) electrons. The Balaban J connectivity index is 0.00000192. The topological polar surface area (TPSA) is 81.7 Å². The van der Waals surface area contributed by atoms with Crippen LogP contribution in [0.15, 0.2) is 18.2 Å². The fourth-order valence-electron chi connectivity index (χ4n) is 3.19. The Morgan fingerprint density at radius 2 is 2.22 bits per heavy atom. The van der Waals surface area contributed by atoms with Gasteiger partial charge in [-0.1, -0.05) is 18.2 Å². The second-order valence-corrected chi connectivity index (χ2v) is 5.69. The number of amides is 2. The summed E-state index contributed by atoms with van der Waals surface area (Å²) >= 11 is 0. The molecule has 7 heteroatoms. The van der Waals surface area contributed by atoms with Crippen LogP contribution in [0.5, 0.6) is 0 Å². The van der Waals surface area contributed by atoms with Crippen LogP contribution in [0.1, 0.15) is 29.5 Å². The van der Waals surface area contributed by atoms with E-state index in [1.54, 1.807) is 0 Å². The van der Waals surface area contributed by atoms with Gasteiger partial charge in [0.2, 0.25) is 0 Å². The number of carbonyl (C=O) groups excluding carboxylic acids is 2. The van der Waals surface area contributed by atoms with Crippen LogP contribution in [-0.4, -0.2) is 36.1 Å². The van der Waals surface area contributed by atoms with Gasteiger partial charge in [0.15, 0.2) is 0 Å². The van der Waals surface area contributed by atoms with Gasteiger partial charge in [-0.2, -0.15) is 0 Å². The number of benzene rings is 1. The first kappa shape index (κ1) is 18.9. The summed E-state index contributed by atoms with van der Waals surface area (Å²) in [6.07, 6.45) is 2.00. The first-order chi connectivity index (χ1) is 10.7. The number of hydrogen-bond donors (Lipinski definition) is 1. The van der Waals surface area contributed by atoms with Gasteiger partial charge in [-0.25, -0.2) is 4.79 Å². The summed E-state index contributed by atoms with van der Waals surface area (Å²) < 4.78 is 5.43. The molecule has 0 aliphatic carbocycles. The minimum absolute atomic E-state index is 0. The van der Waals surface area contributed by atoms with Gasteiger partial charge in [-0.15, -0.1) is 0 Å². The van der Waals surface area contributed by atoms with E-state index in [0.717, 1.165) is 17.5 Å². The first-order valence-electron chi connectivity index (χ1n) is 7.59. The van der Waals surface area contributed by atoms with Crippen LogP contribution < -0.4 is 61.8 Å². The SMILES string of the molecule is O=C([O-])[C@H]1CCCN1C(=O)NCc1cccc2c1CCOC2.[K+]. The van der Waals surface area contributed by atoms with Crippen molar-refractivity contribution in [3.05, 3.63) is 34.9 Å². The molecule has 118 valence electrons. The molecule has 2 amide bonds. The Kier molecular flexibility index (Phi) is 7.06. The number of nitrogens with one attached hydrogen (secondary N) is 1. The average Bonchev–Trinajstić information content (AvgIpc) is 3.02. The smallest absolute Gasteiger partial charge is 0.548 e. The monoisotopic (exact) mass is 342 g/mol. The molecule has 0 saturated carbocycles. The molecule has 3 rings (SSSR count). The standard InChI is InChI=1S/C16H20N2O4.K/c19-15(20)14-5-2-7-18(14)16(21)17-9-11-3-1-4-12-10-22-8-6-13(11)12;/h1,3-4,14H,2,5-10H2,(H,17,21)(H,19,20);/q;+1/p-1/t14-;/m1./s1. The number of carbonyl (C=O) groups is 2. The van der Waals surface area contributed by atoms with Crippen molar-refractivity contribution in [2.24, 2.45) is 0 Å². The van der Waals surface area contributed by atoms with Crippen molar-refractivity contribution in [1.29, 1.82) is 0 Å². The van der Waals surface area contributed by atoms with Crippen molar-refractivity contribution >= 4 is 12.0 Å². The van der Waals surface area contributed by atoms with Crippen LogP contribution in [0.25, 0.3) is 0 Å². The van der Waals surface area contributed by atoms with E-state index in [4.69, 9.17) is 4.74 Å². The van der Waals surface area contributed by atoms with E-state index in [2.05, 4.69) is 5.32 Å². The summed E-state index contributed by atoms with van der Waals surface area (Å²) in [5, 5.41) is 13.9. The molecule has 0 unspecified atom stereocenters. The Labute approximate surface area is 178 Å². The van der Waals surface area contributed by atoms with E-state index in [1.165, 1.54) is 10.5 Å². The Bertz CT molecular complexity index is 593. The fourth-order valence-corrected chi connectivity index (χ4v) is 3.19. The molecule has 0 aromatic heterocycles. The number of ether oxygens (including phenoxy) is 1. The molecule has 23 heavy (non-hydrogen) atoms. The zero-order valence-electron chi connectivity index (χ0n) is 13.3. The van der Waals surface area contributed by atoms with Gasteiger partial charge in [-0.05, 0) is 36.0 Å². The average molecular weight is 342 g/mol. The van der Waals surface area contributed by atoms with E-state index >= 15 is 0 Å². The molecule has 6 nitrogen and oxygen atoms in total. The summed E-state index contributed by atoms with van der Waals surface area (Å²) in [4.78, 5) is 24.6. The van der Waals surface area contributed by atoms with E-state index in [0.29, 0.717) is 39.1 Å². The third-order valence-corrected chi connectivity index (χ3v) is 4.34. The van der Waals surface area contributed by atoms with Gasteiger partial charge >= 0.3 is 57.4 Å². The van der Waals surface area contributed by atoms with Crippen LogP contribution in [0.4, 0.5) is 4.79 Å². The Morgan fingerprint density at radius 3 is 3.00 bits per heavy atom. The quantitative estimate of drug-likeness (QED) is 0.601. The van der Waals surface area contributed by atoms with Gasteiger partial charge in [0.25, 0.3) is 0 Å². The molecule has 0 bridgehead atoms. The molecule has 1 aromatic carbocycles. The number of hydrogen-bond acceptors (Lipinski definition) is 4. The Morgan fingerprint density at radius 1 is 1.39 bits per heavy atom. The van der Waals surface area contributed by atoms with Crippen molar-refractivity contribution < 1.29 is 70.8 Å². The third kappa shape index (κ3) is 4.35. The summed E-state index contributed by atoms with van der Waals surface area (Å²) in [7, 11) is 0. The van der Waals surface area contributed by atoms with Gasteiger partial charge < -0.3 is 24.9 Å². The molecule has 2 aliphatic heterocycles. The minimum Gasteiger partial charge on any atom is -0.548 e. The second-order valence-electron chi connectivity index (χ2n) is 5.69. The first-order valence-corrected chi connectivity index (χ1v) is 7.59. The van der Waals surface area contributed by atoms with Gasteiger partial charge in [-0.3, -0.25) is 0 Å². The molecule has 1 fully saturated rings. The summed E-state index contributed by atoms with van der Waals surface area (Å²) in [5.41, 5.74) is 3.46. The van der Waals surface area contributed by atoms with E-state index < -0.39 is 12.0 Å². The van der Waals surface area contributed by atoms with Crippen LogP contribution in [0.2, 0.25) is 0 Å². The summed E-state index contributed by atoms with van der Waals surface area (Å²) in [5.74, 6) is -1.18. The number of urea groups is 1. The predicted octanol–water partition coefficient (Wildman–Crippen LogP) is -2.81. The van der Waals surface area contributed by atoms with Crippen molar-refractivity contribution in [2.75, 3.05) is 13.2 Å². The number of fused-ring (bicyclic) bond motifs is 1. The van der Waals surface area contributed by atoms with Crippen LogP contribution in [0, 0.1) is 0 Å². The van der Waals surface area contributed by atoms with E-state index in [-0.39, 0.29) is 57.4 Å². The molecule has 1 atom stereocenters. The van der Waals surface area contributed by atoms with Crippen molar-refractivity contribution in [1.82, 2.24) is 10.2 Å². The van der Waals surface area contributed by atoms with Gasteiger partial charge in [0.05, 0.1) is 25.2 Å². The maximum Gasteiger partial charge on any atom is 1.00 e. The van der Waals surface area contributed by atoms with E-state index in [1.807, 2.05) is 18.2 Å². The van der Waals surface area contributed by atoms with Crippen LogP contribution in [-0.2, 0) is 29.1 Å².